The monoisotopic (exact) mass is 750 g/mol. The van der Waals surface area contributed by atoms with Gasteiger partial charge in [0, 0.05) is 69.8 Å². The van der Waals surface area contributed by atoms with Gasteiger partial charge in [-0.1, -0.05) is 58.7 Å². The van der Waals surface area contributed by atoms with Crippen LogP contribution in [0.25, 0.3) is 33.4 Å². The first-order valence-corrected chi connectivity index (χ1v) is 16.4. The normalized spacial score (nSPS) is 10.6. The quantitative estimate of drug-likeness (QED) is 0.111. The van der Waals surface area contributed by atoms with Crippen LogP contribution in [0.15, 0.2) is 107 Å². The van der Waals surface area contributed by atoms with Crippen LogP contribution in [0.5, 0.6) is 0 Å². The number of carboxylic acids is 1. The van der Waals surface area contributed by atoms with Crippen LogP contribution in [0.2, 0.25) is 0 Å². The zero-order chi connectivity index (χ0) is 33.8. The number of rotatable bonds is 10. The molecule has 0 bridgehead atoms. The number of anilines is 3. The number of carbonyl (C=O) groups excluding carboxylic acids is 1. The van der Waals surface area contributed by atoms with Crippen LogP contribution < -0.4 is 19.8 Å². The van der Waals surface area contributed by atoms with Crippen molar-refractivity contribution in [3.05, 3.63) is 114 Å². The Hall–Kier alpha value is -3.68. The standard InChI is InChI=1S/C38H38N4O3PS.Y/c1-40(2)28-15-7-24(8-16-28)32-23-33(38(44)45)34(25-9-17-29(18-10-25)41(3)4)35(26-11-19-30(20-12-26)42(5)6)36(32)47-31-21-13-27(14-22-31)37(43)39-46;/h7-22H,46H2,1-6H3,(H,39,43)(H,44,45);/q-1;+3. The summed E-state index contributed by atoms with van der Waals surface area (Å²) >= 11 is 1.53. The average Bonchev–Trinajstić information content (AvgIpc) is 3.08. The van der Waals surface area contributed by atoms with Crippen LogP contribution in [0.1, 0.15) is 20.7 Å². The van der Waals surface area contributed by atoms with Gasteiger partial charge < -0.3 is 24.9 Å². The van der Waals surface area contributed by atoms with Gasteiger partial charge in [0.05, 0.1) is 0 Å². The van der Waals surface area contributed by atoms with Crippen LogP contribution in [0.4, 0.5) is 17.1 Å². The Morgan fingerprint density at radius 3 is 1.46 bits per heavy atom. The Morgan fingerprint density at radius 1 is 0.646 bits per heavy atom. The molecule has 5 aromatic carbocycles. The number of carboxylic acid groups (broad SMARTS) is 1. The topological polar surface area (TPSA) is 76.1 Å². The van der Waals surface area contributed by atoms with Crippen molar-refractivity contribution < 1.29 is 47.4 Å². The molecule has 48 heavy (non-hydrogen) atoms. The number of hydrogen-bond donors (Lipinski definition) is 2. The van der Waals surface area contributed by atoms with Crippen LogP contribution in [0.3, 0.4) is 0 Å². The van der Waals surface area contributed by atoms with E-state index in [-0.39, 0.29) is 44.2 Å². The number of hydrogen-bond acceptors (Lipinski definition) is 6. The summed E-state index contributed by atoms with van der Waals surface area (Å²) in [7, 11) is 14.1. The molecular formula is C38H38N4O3PSY+2. The minimum Gasteiger partial charge on any atom is -0.512 e. The fourth-order valence-corrected chi connectivity index (χ4v) is 6.56. The third kappa shape index (κ3) is 8.12. The van der Waals surface area contributed by atoms with E-state index in [0.29, 0.717) is 16.7 Å². The fraction of sp³-hybridized carbons (Fsp3) is 0.158. The molecule has 240 valence electrons. The molecule has 0 fully saturated rings. The van der Waals surface area contributed by atoms with E-state index < -0.39 is 5.97 Å². The molecular weight excluding hydrogens is 712 g/mol. The van der Waals surface area contributed by atoms with Gasteiger partial charge in [-0.15, -0.1) is 23.4 Å². The molecule has 0 aliphatic carbocycles. The first-order chi connectivity index (χ1) is 22.5. The van der Waals surface area contributed by atoms with Crippen molar-refractivity contribution in [1.82, 2.24) is 5.09 Å². The van der Waals surface area contributed by atoms with Crippen LogP contribution in [-0.4, -0.2) is 59.3 Å². The smallest absolute Gasteiger partial charge is 0.512 e. The van der Waals surface area contributed by atoms with Crippen molar-refractivity contribution in [3.8, 4) is 33.4 Å². The minimum atomic E-state index is -1.06. The molecule has 1 unspecified atom stereocenters. The van der Waals surface area contributed by atoms with Crippen molar-refractivity contribution in [2.45, 2.75) is 9.79 Å². The maximum absolute atomic E-state index is 13.1. The first-order valence-electron chi connectivity index (χ1n) is 15.0. The molecule has 1 atom stereocenters. The largest absolute Gasteiger partial charge is 3.00 e. The number of nitrogens with one attached hydrogen (secondary N) is 1. The summed E-state index contributed by atoms with van der Waals surface area (Å²) < 4.78 is 0. The van der Waals surface area contributed by atoms with Gasteiger partial charge in [0.25, 0.3) is 11.9 Å². The number of amides is 1. The van der Waals surface area contributed by atoms with Gasteiger partial charge in [0.15, 0.2) is 0 Å². The molecule has 0 aliphatic rings. The van der Waals surface area contributed by atoms with Gasteiger partial charge in [0.2, 0.25) is 0 Å². The Bertz CT molecular complexity index is 1900. The predicted octanol–water partition coefficient (Wildman–Crippen LogP) is 8.05. The van der Waals surface area contributed by atoms with E-state index >= 15 is 0 Å². The predicted molar refractivity (Wildman–Crippen MR) is 199 cm³/mol. The van der Waals surface area contributed by atoms with Crippen LogP contribution in [-0.2, 0) is 32.7 Å². The molecule has 0 saturated carbocycles. The number of aromatic carboxylic acids is 1. The maximum Gasteiger partial charge on any atom is 3.00 e. The van der Waals surface area contributed by atoms with E-state index in [4.69, 9.17) is 0 Å². The maximum atomic E-state index is 13.1. The SMILES string of the molecule is CN(C)c1ccc(-c2[c-]c(C(=O)O)c(-c3ccc(N(C)C)cc3)c(-c3ccc(N(C)C)cc3)c2Sc2ccc(C(=O)NP)cc2)cc1.[Y+3]. The Kier molecular flexibility index (Phi) is 12.5. The van der Waals surface area contributed by atoms with Crippen molar-refractivity contribution >= 4 is 50.1 Å². The molecule has 0 aliphatic heterocycles. The fourth-order valence-electron chi connectivity index (χ4n) is 5.29. The molecule has 7 nitrogen and oxygen atoms in total. The molecule has 0 heterocycles. The van der Waals surface area contributed by atoms with Crippen molar-refractivity contribution in [3.63, 3.8) is 0 Å². The molecule has 0 spiro atoms. The van der Waals surface area contributed by atoms with Crippen molar-refractivity contribution in [2.75, 3.05) is 57.0 Å². The van der Waals surface area contributed by atoms with E-state index in [2.05, 4.69) is 20.5 Å². The minimum absolute atomic E-state index is 0. The zero-order valence-corrected chi connectivity index (χ0v) is 32.7. The summed E-state index contributed by atoms with van der Waals surface area (Å²) in [5.74, 6) is -1.25. The molecule has 1 amide bonds. The molecule has 5 aromatic rings. The van der Waals surface area contributed by atoms with Crippen LogP contribution in [0, 0.1) is 6.07 Å². The Morgan fingerprint density at radius 2 is 1.06 bits per heavy atom. The Labute approximate surface area is 314 Å². The Balaban J connectivity index is 0.00000520. The summed E-state index contributed by atoms with van der Waals surface area (Å²) in [5, 5.41) is 13.3. The molecule has 0 aromatic heterocycles. The van der Waals surface area contributed by atoms with Gasteiger partial charge in [-0.3, -0.25) is 9.59 Å². The number of carbonyl (C=O) groups is 2. The number of benzene rings is 5. The second-order valence-corrected chi connectivity index (χ2v) is 13.1. The van der Waals surface area contributed by atoms with Gasteiger partial charge in [-0.05, 0) is 86.1 Å². The summed E-state index contributed by atoms with van der Waals surface area (Å²) in [6, 6.07) is 34.9. The van der Waals surface area contributed by atoms with Crippen LogP contribution >= 0.6 is 21.2 Å². The molecule has 0 radical (unpaired) electrons. The van der Waals surface area contributed by atoms with E-state index in [1.165, 1.54) is 11.8 Å². The van der Waals surface area contributed by atoms with Gasteiger partial charge in [0.1, 0.15) is 0 Å². The number of nitrogens with zero attached hydrogens (tertiary/aromatic N) is 3. The van der Waals surface area contributed by atoms with Gasteiger partial charge in [-0.25, -0.2) is 0 Å². The second-order valence-electron chi connectivity index (χ2n) is 11.7. The van der Waals surface area contributed by atoms with E-state index in [0.717, 1.165) is 49.1 Å². The van der Waals surface area contributed by atoms with Crippen molar-refractivity contribution in [1.29, 1.82) is 0 Å². The third-order valence-corrected chi connectivity index (χ3v) is 9.29. The molecule has 0 saturated heterocycles. The summed E-state index contributed by atoms with van der Waals surface area (Å²) in [6.07, 6.45) is 0. The molecule has 5 rings (SSSR count). The summed E-state index contributed by atoms with van der Waals surface area (Å²) in [4.78, 5) is 33.2. The third-order valence-electron chi connectivity index (χ3n) is 7.90. The second kappa shape index (κ2) is 16.1. The van der Waals surface area contributed by atoms with E-state index in [1.807, 2.05) is 142 Å². The van der Waals surface area contributed by atoms with Gasteiger partial charge in [-0.2, -0.15) is 0 Å². The molecule has 2 N–H and O–H groups in total. The first kappa shape index (κ1) is 37.1. The van der Waals surface area contributed by atoms with Gasteiger partial charge >= 0.3 is 32.7 Å². The van der Waals surface area contributed by atoms with E-state index in [1.54, 1.807) is 12.1 Å². The zero-order valence-electron chi connectivity index (χ0n) is 27.9. The summed E-state index contributed by atoms with van der Waals surface area (Å²) in [5.41, 5.74) is 8.29. The van der Waals surface area contributed by atoms with Crippen molar-refractivity contribution in [2.24, 2.45) is 0 Å². The summed E-state index contributed by atoms with van der Waals surface area (Å²) in [6.45, 7) is 0. The molecule has 10 heteroatoms. The van der Waals surface area contributed by atoms with E-state index in [9.17, 15) is 14.7 Å². The average molecular weight is 751 g/mol.